The third-order valence-electron chi connectivity index (χ3n) is 11.4. The number of pyridine rings is 2. The smallest absolute Gasteiger partial charge is 0.261 e. The fourth-order valence-electron chi connectivity index (χ4n) is 8.39. The van der Waals surface area contributed by atoms with Crippen molar-refractivity contribution in [1.29, 1.82) is 0 Å². The van der Waals surface area contributed by atoms with E-state index in [4.69, 9.17) is 18.8 Å². The summed E-state index contributed by atoms with van der Waals surface area (Å²) >= 11 is 0. The summed E-state index contributed by atoms with van der Waals surface area (Å²) in [5.41, 5.74) is 5.66. The lowest BCUT2D eigenvalue weighted by atomic mass is 9.98. The van der Waals surface area contributed by atoms with Crippen molar-refractivity contribution in [3.8, 4) is 22.9 Å². The van der Waals surface area contributed by atoms with Crippen molar-refractivity contribution < 1.29 is 27.4 Å². The number of nitrogens with zero attached hydrogens (tertiary/aromatic N) is 8. The molecule has 0 saturated carbocycles. The quantitative estimate of drug-likeness (QED) is 0.177. The Morgan fingerprint density at radius 3 is 1.52 bits per heavy atom. The number of aromatic nitrogens is 6. The highest BCUT2D eigenvalue weighted by Crippen LogP contribution is 2.39. The Labute approximate surface area is 335 Å². The molecular weight excluding hydrogens is 745 g/mol. The van der Waals surface area contributed by atoms with Crippen molar-refractivity contribution in [1.82, 2.24) is 35.6 Å². The Morgan fingerprint density at radius 2 is 1.07 bits per heavy atom. The average Bonchev–Trinajstić information content (AvgIpc) is 3.84. The molecule has 7 heterocycles. The molecule has 304 valence electrons. The van der Waals surface area contributed by atoms with Crippen LogP contribution in [0.2, 0.25) is 0 Å². The summed E-state index contributed by atoms with van der Waals surface area (Å²) in [6.45, 7) is 15.6. The molecule has 13 nitrogen and oxygen atoms in total. The number of nitrogens with one attached hydrogen (secondary N) is 1. The molecule has 3 saturated heterocycles. The number of hydrogen-bond donors (Lipinski definition) is 1. The number of rotatable bonds is 6. The van der Waals surface area contributed by atoms with E-state index in [2.05, 4.69) is 35.5 Å². The first-order valence-electron chi connectivity index (χ1n) is 20.1. The van der Waals surface area contributed by atoms with Gasteiger partial charge in [0, 0.05) is 75.1 Å². The van der Waals surface area contributed by atoms with E-state index in [1.54, 1.807) is 19.9 Å². The lowest BCUT2D eigenvalue weighted by molar-refractivity contribution is -0.119. The van der Waals surface area contributed by atoms with Crippen LogP contribution < -0.4 is 15.1 Å². The number of ketones is 1. The van der Waals surface area contributed by atoms with Crippen molar-refractivity contribution in [2.45, 2.75) is 92.2 Å². The molecule has 0 bridgehead atoms. The summed E-state index contributed by atoms with van der Waals surface area (Å²) in [6.07, 6.45) is 5.08. The van der Waals surface area contributed by atoms with Crippen LogP contribution in [0.4, 0.5) is 20.4 Å². The first-order valence-corrected chi connectivity index (χ1v) is 20.1. The average molecular weight is 794 g/mol. The van der Waals surface area contributed by atoms with Crippen LogP contribution >= 0.6 is 0 Å². The summed E-state index contributed by atoms with van der Waals surface area (Å²) in [4.78, 5) is 34.1. The molecule has 0 atom stereocenters. The van der Waals surface area contributed by atoms with Crippen LogP contribution in [0.5, 0.6) is 0 Å². The number of piperidine rings is 2. The molecule has 6 aromatic rings. The number of carbonyl (C=O) groups is 1. The molecule has 15 heteroatoms. The van der Waals surface area contributed by atoms with Crippen LogP contribution in [0.15, 0.2) is 33.3 Å². The van der Waals surface area contributed by atoms with Gasteiger partial charge in [0.2, 0.25) is 0 Å². The van der Waals surface area contributed by atoms with Gasteiger partial charge in [0.05, 0.1) is 11.1 Å². The number of carbonyl (C=O) groups excluding carboxylic acids is 1. The van der Waals surface area contributed by atoms with Crippen molar-refractivity contribution >= 4 is 39.2 Å². The molecule has 3 aliphatic rings. The van der Waals surface area contributed by atoms with Crippen LogP contribution in [0, 0.1) is 53.2 Å². The van der Waals surface area contributed by atoms with Gasteiger partial charge in [-0.15, -0.1) is 0 Å². The molecule has 0 spiro atoms. The Kier molecular flexibility index (Phi) is 11.2. The van der Waals surface area contributed by atoms with Gasteiger partial charge in [-0.2, -0.15) is 9.97 Å². The van der Waals surface area contributed by atoms with E-state index in [0.717, 1.165) is 96.4 Å². The van der Waals surface area contributed by atoms with E-state index >= 15 is 0 Å². The minimum atomic E-state index is -0.356. The first kappa shape index (κ1) is 39.4. The highest BCUT2D eigenvalue weighted by atomic mass is 19.1. The van der Waals surface area contributed by atoms with Crippen molar-refractivity contribution in [2.75, 3.05) is 49.2 Å². The van der Waals surface area contributed by atoms with Gasteiger partial charge >= 0.3 is 0 Å². The summed E-state index contributed by atoms with van der Waals surface area (Å²) in [5, 5.41) is 13.2. The molecule has 0 radical (unpaired) electrons. The van der Waals surface area contributed by atoms with Crippen molar-refractivity contribution in [2.24, 2.45) is 0 Å². The molecular formula is C43H49F2N9O4. The Hall–Kier alpha value is -5.41. The van der Waals surface area contributed by atoms with Gasteiger partial charge in [-0.3, -0.25) is 4.79 Å². The maximum absolute atomic E-state index is 14.9. The number of anilines is 2. The number of Topliss-reactive ketones (excluding diaryl/α,β-unsaturated/α-hetero) is 1. The second-order valence-electron chi connectivity index (χ2n) is 15.8. The fourth-order valence-corrected chi connectivity index (χ4v) is 8.39. The zero-order valence-electron chi connectivity index (χ0n) is 33.9. The van der Waals surface area contributed by atoms with Crippen molar-refractivity contribution in [3.05, 3.63) is 69.8 Å². The Balaban J connectivity index is 0.000000165. The molecule has 3 fully saturated rings. The third kappa shape index (κ3) is 8.01. The second-order valence-corrected chi connectivity index (χ2v) is 15.8. The lowest BCUT2D eigenvalue weighted by Gasteiger charge is -2.37. The van der Waals surface area contributed by atoms with Gasteiger partial charge in [0.25, 0.3) is 11.8 Å². The first-order chi connectivity index (χ1) is 27.9. The summed E-state index contributed by atoms with van der Waals surface area (Å²) in [7, 11) is 0. The van der Waals surface area contributed by atoms with Gasteiger partial charge in [-0.25, -0.2) is 18.7 Å². The molecule has 0 amide bonds. The number of ether oxygens (including phenoxy) is 1. The third-order valence-corrected chi connectivity index (χ3v) is 11.4. The number of fused-ring (bicyclic) bond motifs is 2. The Morgan fingerprint density at radius 1 is 0.621 bits per heavy atom. The van der Waals surface area contributed by atoms with Crippen molar-refractivity contribution in [3.63, 3.8) is 0 Å². The molecule has 0 aliphatic carbocycles. The molecule has 4 aromatic heterocycles. The SMILES string of the molecule is Cc1cc(F)c2nc(N3CCC(=O)CC3)c(-c3nc(C)no3)c(C)c2c1.Cc1cc(F)c2nc(N3CCC(NC4CCOCC4)CC3)c(-c3nc(C)no3)c(C)c2c1. The van der Waals surface area contributed by atoms with Crippen LogP contribution in [0.1, 0.15) is 72.4 Å². The normalized spacial score (nSPS) is 17.0. The zero-order chi connectivity index (χ0) is 40.7. The zero-order valence-corrected chi connectivity index (χ0v) is 33.9. The van der Waals surface area contributed by atoms with Gasteiger partial charge in [-0.1, -0.05) is 10.3 Å². The highest BCUT2D eigenvalue weighted by Gasteiger charge is 2.30. The van der Waals surface area contributed by atoms with Crippen LogP contribution in [-0.4, -0.2) is 87.5 Å². The maximum Gasteiger partial charge on any atom is 0.261 e. The largest absolute Gasteiger partial charge is 0.381 e. The molecule has 3 aliphatic heterocycles. The fraction of sp³-hybridized carbons (Fsp3) is 0.465. The maximum atomic E-state index is 14.9. The minimum Gasteiger partial charge on any atom is -0.381 e. The van der Waals surface area contributed by atoms with E-state index in [0.29, 0.717) is 83.9 Å². The van der Waals surface area contributed by atoms with E-state index in [1.165, 1.54) is 6.07 Å². The van der Waals surface area contributed by atoms with E-state index in [9.17, 15) is 13.6 Å². The highest BCUT2D eigenvalue weighted by molar-refractivity contribution is 5.94. The number of halogens is 2. The Bertz CT molecular complexity index is 2480. The van der Waals surface area contributed by atoms with Gasteiger partial charge in [-0.05, 0) is 114 Å². The van der Waals surface area contributed by atoms with E-state index < -0.39 is 0 Å². The topological polar surface area (TPSA) is 148 Å². The summed E-state index contributed by atoms with van der Waals surface area (Å²) < 4.78 is 45.9. The predicted octanol–water partition coefficient (Wildman–Crippen LogP) is 7.61. The van der Waals surface area contributed by atoms with E-state index in [-0.39, 0.29) is 17.4 Å². The predicted molar refractivity (Wildman–Crippen MR) is 217 cm³/mol. The second kappa shape index (κ2) is 16.5. The summed E-state index contributed by atoms with van der Waals surface area (Å²) in [5.74, 6) is 2.79. The molecule has 9 rings (SSSR count). The van der Waals surface area contributed by atoms with Gasteiger partial charge in [0.1, 0.15) is 40.1 Å². The summed E-state index contributed by atoms with van der Waals surface area (Å²) in [6, 6.07) is 7.92. The standard InChI is InChI=1S/C24H30FN5O2.C19H19FN4O2/c1-14-12-19-15(2)21(24-26-16(3)29-32-24)23(28-22(19)20(25)13-14)30-8-4-17(5-9-30)27-18-6-10-31-11-7-18;1-10-8-14-11(2)16(19-21-12(3)23-26-19)18(22-17(14)15(20)9-10)24-6-4-13(25)5-7-24/h12-13,17-18,27H,4-11H2,1-3H3;8-9H,4-7H2,1-3H3. The molecule has 1 N–H and O–H groups in total. The van der Waals surface area contributed by atoms with Crippen LogP contribution in [-0.2, 0) is 9.53 Å². The van der Waals surface area contributed by atoms with E-state index in [1.807, 2.05) is 44.7 Å². The lowest BCUT2D eigenvalue weighted by Crippen LogP contribution is -2.48. The molecule has 58 heavy (non-hydrogen) atoms. The van der Waals surface area contributed by atoms with Crippen LogP contribution in [0.3, 0.4) is 0 Å². The number of benzene rings is 2. The molecule has 0 unspecified atom stereocenters. The van der Waals surface area contributed by atoms with Gasteiger partial charge < -0.3 is 28.9 Å². The number of aryl methyl sites for hydroxylation is 6. The number of hydrogen-bond acceptors (Lipinski definition) is 13. The molecule has 2 aromatic carbocycles. The van der Waals surface area contributed by atoms with Gasteiger partial charge in [0.15, 0.2) is 11.6 Å². The minimum absolute atomic E-state index is 0.232. The van der Waals surface area contributed by atoms with Crippen LogP contribution in [0.25, 0.3) is 44.7 Å². The monoisotopic (exact) mass is 793 g/mol.